The van der Waals surface area contributed by atoms with E-state index < -0.39 is 5.60 Å². The number of rotatable bonds is 8. The van der Waals surface area contributed by atoms with Crippen molar-refractivity contribution in [2.45, 2.75) is 64.5 Å². The number of aryl methyl sites for hydroxylation is 1. The molecule has 0 radical (unpaired) electrons. The minimum atomic E-state index is -0.585. The molecule has 152 valence electrons. The number of aliphatic imine (C=N–C) groups is 1. The Labute approximate surface area is 180 Å². The normalized spacial score (nSPS) is 18.7. The molecule has 2 fully saturated rings. The SMILES string of the molecule is CCNC(=NCc1ccc(C)cc1OCC1CC1)NCC1(O)CCCC1.I. The van der Waals surface area contributed by atoms with E-state index in [2.05, 4.69) is 42.7 Å². The van der Waals surface area contributed by atoms with E-state index in [1.54, 1.807) is 0 Å². The highest BCUT2D eigenvalue weighted by Gasteiger charge is 2.31. The summed E-state index contributed by atoms with van der Waals surface area (Å²) in [4.78, 5) is 4.71. The largest absolute Gasteiger partial charge is 0.493 e. The van der Waals surface area contributed by atoms with Gasteiger partial charge in [0.1, 0.15) is 5.75 Å². The van der Waals surface area contributed by atoms with Crippen molar-refractivity contribution in [3.63, 3.8) is 0 Å². The van der Waals surface area contributed by atoms with Gasteiger partial charge in [0.2, 0.25) is 0 Å². The van der Waals surface area contributed by atoms with Crippen LogP contribution in [-0.4, -0.2) is 36.4 Å². The Morgan fingerprint density at radius 2 is 2.00 bits per heavy atom. The number of guanidine groups is 1. The van der Waals surface area contributed by atoms with Crippen molar-refractivity contribution in [2.75, 3.05) is 19.7 Å². The lowest BCUT2D eigenvalue weighted by Gasteiger charge is -2.23. The van der Waals surface area contributed by atoms with Crippen LogP contribution < -0.4 is 15.4 Å². The van der Waals surface area contributed by atoms with E-state index in [0.717, 1.165) is 62.0 Å². The van der Waals surface area contributed by atoms with Gasteiger partial charge in [0, 0.05) is 18.7 Å². The van der Waals surface area contributed by atoms with Crippen LogP contribution >= 0.6 is 24.0 Å². The molecule has 5 nitrogen and oxygen atoms in total. The number of halogens is 1. The van der Waals surface area contributed by atoms with Gasteiger partial charge in [-0.1, -0.05) is 25.0 Å². The predicted molar refractivity (Wildman–Crippen MR) is 121 cm³/mol. The lowest BCUT2D eigenvalue weighted by Crippen LogP contribution is -2.46. The predicted octanol–water partition coefficient (Wildman–Crippen LogP) is 3.76. The fourth-order valence-corrected chi connectivity index (χ4v) is 3.38. The Hall–Kier alpha value is -1.02. The van der Waals surface area contributed by atoms with Crippen molar-refractivity contribution in [3.8, 4) is 5.75 Å². The Kier molecular flexibility index (Phi) is 8.66. The van der Waals surface area contributed by atoms with Crippen LogP contribution in [-0.2, 0) is 6.54 Å². The molecule has 3 rings (SSSR count). The van der Waals surface area contributed by atoms with Crippen LogP contribution in [0.2, 0.25) is 0 Å². The fourth-order valence-electron chi connectivity index (χ4n) is 3.38. The van der Waals surface area contributed by atoms with E-state index in [1.165, 1.54) is 18.4 Å². The first-order valence-electron chi connectivity index (χ1n) is 10.0. The van der Waals surface area contributed by atoms with E-state index in [9.17, 15) is 5.11 Å². The molecule has 0 aliphatic heterocycles. The summed E-state index contributed by atoms with van der Waals surface area (Å²) in [6, 6.07) is 6.32. The van der Waals surface area contributed by atoms with Crippen LogP contribution in [0, 0.1) is 12.8 Å². The van der Waals surface area contributed by atoms with E-state index in [0.29, 0.717) is 13.1 Å². The zero-order valence-electron chi connectivity index (χ0n) is 16.6. The van der Waals surface area contributed by atoms with Crippen LogP contribution in [0.1, 0.15) is 56.6 Å². The minimum Gasteiger partial charge on any atom is -0.493 e. The number of aliphatic hydroxyl groups is 1. The first-order valence-corrected chi connectivity index (χ1v) is 10.0. The van der Waals surface area contributed by atoms with Crippen molar-refractivity contribution < 1.29 is 9.84 Å². The van der Waals surface area contributed by atoms with Gasteiger partial charge in [0.25, 0.3) is 0 Å². The van der Waals surface area contributed by atoms with Gasteiger partial charge in [0.15, 0.2) is 5.96 Å². The minimum absolute atomic E-state index is 0. The van der Waals surface area contributed by atoms with Gasteiger partial charge in [-0.05, 0) is 57.1 Å². The van der Waals surface area contributed by atoms with Gasteiger partial charge in [-0.25, -0.2) is 4.99 Å². The zero-order chi connectivity index (χ0) is 18.4. The maximum absolute atomic E-state index is 10.5. The number of hydrogen-bond acceptors (Lipinski definition) is 3. The van der Waals surface area contributed by atoms with Crippen LogP contribution in [0.4, 0.5) is 0 Å². The number of benzene rings is 1. The van der Waals surface area contributed by atoms with Crippen molar-refractivity contribution >= 4 is 29.9 Å². The Bertz CT molecular complexity index is 626. The summed E-state index contributed by atoms with van der Waals surface area (Å²) < 4.78 is 6.04. The molecule has 2 aliphatic rings. The van der Waals surface area contributed by atoms with Crippen LogP contribution in [0.15, 0.2) is 23.2 Å². The Balaban J connectivity index is 0.00000261. The summed E-state index contributed by atoms with van der Waals surface area (Å²) in [7, 11) is 0. The average Bonchev–Trinajstić information content (AvgIpc) is 3.36. The Morgan fingerprint density at radius 3 is 2.67 bits per heavy atom. The lowest BCUT2D eigenvalue weighted by molar-refractivity contribution is 0.0522. The molecular weight excluding hydrogens is 453 g/mol. The summed E-state index contributed by atoms with van der Waals surface area (Å²) in [6.07, 6.45) is 6.54. The number of hydrogen-bond donors (Lipinski definition) is 3. The molecule has 2 saturated carbocycles. The van der Waals surface area contributed by atoms with E-state index in [4.69, 9.17) is 9.73 Å². The first-order chi connectivity index (χ1) is 12.6. The smallest absolute Gasteiger partial charge is 0.191 e. The van der Waals surface area contributed by atoms with Gasteiger partial charge < -0.3 is 20.5 Å². The average molecular weight is 487 g/mol. The molecular formula is C21H34IN3O2. The standard InChI is InChI=1S/C21H33N3O2.HI/c1-3-22-20(24-15-21(25)10-4-5-11-21)23-13-18-9-6-16(2)12-19(18)26-14-17-7-8-17;/h6,9,12,17,25H,3-5,7-8,10-11,13-15H2,1-2H3,(H2,22,23,24);1H. The maximum atomic E-state index is 10.5. The van der Waals surface area contributed by atoms with Crippen molar-refractivity contribution in [2.24, 2.45) is 10.9 Å². The van der Waals surface area contributed by atoms with E-state index in [1.807, 2.05) is 0 Å². The molecule has 6 heteroatoms. The number of ether oxygens (including phenoxy) is 1. The van der Waals surface area contributed by atoms with Gasteiger partial charge >= 0.3 is 0 Å². The molecule has 0 unspecified atom stereocenters. The van der Waals surface area contributed by atoms with Gasteiger partial charge in [-0.2, -0.15) is 0 Å². The quantitative estimate of drug-likeness (QED) is 0.297. The first kappa shape index (κ1) is 22.3. The second-order valence-electron chi connectivity index (χ2n) is 7.85. The molecule has 1 aromatic carbocycles. The highest BCUT2D eigenvalue weighted by molar-refractivity contribution is 14.0. The summed E-state index contributed by atoms with van der Waals surface area (Å²) in [5, 5.41) is 17.1. The van der Waals surface area contributed by atoms with Gasteiger partial charge in [0.05, 0.1) is 18.8 Å². The topological polar surface area (TPSA) is 65.9 Å². The van der Waals surface area contributed by atoms with Crippen LogP contribution in [0.25, 0.3) is 0 Å². The van der Waals surface area contributed by atoms with E-state index >= 15 is 0 Å². The van der Waals surface area contributed by atoms with Crippen molar-refractivity contribution in [1.29, 1.82) is 0 Å². The maximum Gasteiger partial charge on any atom is 0.191 e. The van der Waals surface area contributed by atoms with Gasteiger partial charge in [-0.15, -0.1) is 24.0 Å². The highest BCUT2D eigenvalue weighted by Crippen LogP contribution is 2.31. The summed E-state index contributed by atoms with van der Waals surface area (Å²) in [5.74, 6) is 2.44. The third kappa shape index (κ3) is 7.14. The number of nitrogens with zero attached hydrogens (tertiary/aromatic N) is 1. The lowest BCUT2D eigenvalue weighted by atomic mass is 10.0. The molecule has 0 aromatic heterocycles. The molecule has 2 aliphatic carbocycles. The molecule has 1 aromatic rings. The van der Waals surface area contributed by atoms with Crippen LogP contribution in [0.3, 0.4) is 0 Å². The molecule has 0 spiro atoms. The molecule has 0 amide bonds. The summed E-state index contributed by atoms with van der Waals surface area (Å²) in [6.45, 7) is 6.86. The molecule has 0 atom stereocenters. The second kappa shape index (κ2) is 10.5. The molecule has 3 N–H and O–H groups in total. The molecule has 0 saturated heterocycles. The third-order valence-corrected chi connectivity index (χ3v) is 5.27. The van der Waals surface area contributed by atoms with Crippen molar-refractivity contribution in [3.05, 3.63) is 29.3 Å². The third-order valence-electron chi connectivity index (χ3n) is 5.27. The zero-order valence-corrected chi connectivity index (χ0v) is 18.9. The molecule has 27 heavy (non-hydrogen) atoms. The second-order valence-corrected chi connectivity index (χ2v) is 7.85. The summed E-state index contributed by atoms with van der Waals surface area (Å²) in [5.41, 5.74) is 1.73. The van der Waals surface area contributed by atoms with Crippen LogP contribution in [0.5, 0.6) is 5.75 Å². The Morgan fingerprint density at radius 1 is 1.26 bits per heavy atom. The highest BCUT2D eigenvalue weighted by atomic mass is 127. The van der Waals surface area contributed by atoms with Crippen molar-refractivity contribution in [1.82, 2.24) is 10.6 Å². The van der Waals surface area contributed by atoms with Gasteiger partial charge in [-0.3, -0.25) is 0 Å². The number of nitrogens with one attached hydrogen (secondary N) is 2. The fraction of sp³-hybridized carbons (Fsp3) is 0.667. The summed E-state index contributed by atoms with van der Waals surface area (Å²) >= 11 is 0. The molecule has 0 bridgehead atoms. The monoisotopic (exact) mass is 487 g/mol. The molecule has 0 heterocycles. The van der Waals surface area contributed by atoms with E-state index in [-0.39, 0.29) is 24.0 Å².